The molecule has 0 bridgehead atoms. The lowest BCUT2D eigenvalue weighted by atomic mass is 9.96. The number of rotatable bonds is 5. The molecule has 0 unspecified atom stereocenters. The van der Waals surface area contributed by atoms with E-state index in [4.69, 9.17) is 11.6 Å². The molecule has 1 saturated carbocycles. The highest BCUT2D eigenvalue weighted by Crippen LogP contribution is 2.47. The Morgan fingerprint density at radius 2 is 1.95 bits per heavy atom. The van der Waals surface area contributed by atoms with Crippen molar-refractivity contribution in [2.24, 2.45) is 5.92 Å². The smallest absolute Gasteiger partial charge is 0.220 e. The van der Waals surface area contributed by atoms with Gasteiger partial charge in [0.1, 0.15) is 0 Å². The normalized spacial score (nSPS) is 24.1. The lowest BCUT2D eigenvalue weighted by molar-refractivity contribution is -0.121. The molecule has 1 amide bonds. The number of halogens is 1. The number of carbonyl (C=O) groups is 1. The molecule has 1 aromatic carbocycles. The van der Waals surface area contributed by atoms with E-state index in [1.807, 2.05) is 24.3 Å². The summed E-state index contributed by atoms with van der Waals surface area (Å²) in [5.74, 6) is -0.245. The molecule has 118 valence electrons. The van der Waals surface area contributed by atoms with E-state index in [9.17, 15) is 13.2 Å². The molecule has 1 atom stereocenters. The lowest BCUT2D eigenvalue weighted by Crippen LogP contribution is -2.33. The van der Waals surface area contributed by atoms with Crippen LogP contribution in [0.3, 0.4) is 0 Å². The van der Waals surface area contributed by atoms with Crippen molar-refractivity contribution < 1.29 is 13.2 Å². The minimum Gasteiger partial charge on any atom is -0.355 e. The summed E-state index contributed by atoms with van der Waals surface area (Å²) >= 11 is 5.90. The van der Waals surface area contributed by atoms with Crippen molar-refractivity contribution in [3.63, 3.8) is 0 Å². The molecule has 0 radical (unpaired) electrons. The Kier molecular flexibility index (Phi) is 4.03. The Labute approximate surface area is 135 Å². The zero-order valence-electron chi connectivity index (χ0n) is 12.1. The third-order valence-corrected chi connectivity index (χ3v) is 6.10. The predicted octanol–water partition coefficient (Wildman–Crippen LogP) is 2.44. The van der Waals surface area contributed by atoms with E-state index in [0.717, 1.165) is 12.8 Å². The van der Waals surface area contributed by atoms with Gasteiger partial charge >= 0.3 is 0 Å². The SMILES string of the molecule is O=C(C[C@@H]1C=CS(=O)(=O)C1)NCC1(c2ccc(Cl)cc2)CC1. The van der Waals surface area contributed by atoms with Crippen molar-refractivity contribution in [2.45, 2.75) is 24.7 Å². The highest BCUT2D eigenvalue weighted by Gasteiger charge is 2.44. The van der Waals surface area contributed by atoms with Crippen LogP contribution in [0.25, 0.3) is 0 Å². The topological polar surface area (TPSA) is 63.2 Å². The molecule has 0 saturated heterocycles. The van der Waals surface area contributed by atoms with Crippen LogP contribution in [0.15, 0.2) is 35.7 Å². The Bertz CT molecular complexity index is 705. The first-order valence-corrected chi connectivity index (χ1v) is 9.42. The molecule has 2 aliphatic rings. The largest absolute Gasteiger partial charge is 0.355 e. The van der Waals surface area contributed by atoms with Gasteiger partial charge in [0.25, 0.3) is 0 Å². The number of hydrogen-bond donors (Lipinski definition) is 1. The first-order chi connectivity index (χ1) is 10.4. The maximum Gasteiger partial charge on any atom is 0.220 e. The van der Waals surface area contributed by atoms with Crippen LogP contribution in [-0.4, -0.2) is 26.6 Å². The zero-order chi connectivity index (χ0) is 15.8. The summed E-state index contributed by atoms with van der Waals surface area (Å²) in [4.78, 5) is 12.0. The van der Waals surface area contributed by atoms with Gasteiger partial charge in [-0.05, 0) is 30.5 Å². The van der Waals surface area contributed by atoms with Crippen LogP contribution < -0.4 is 5.32 Å². The predicted molar refractivity (Wildman–Crippen MR) is 86.4 cm³/mol. The monoisotopic (exact) mass is 339 g/mol. The fourth-order valence-corrected chi connectivity index (χ4v) is 4.39. The summed E-state index contributed by atoms with van der Waals surface area (Å²) in [5, 5.41) is 4.87. The molecule has 1 aromatic rings. The van der Waals surface area contributed by atoms with Gasteiger partial charge in [-0.15, -0.1) is 0 Å². The molecule has 0 aromatic heterocycles. The van der Waals surface area contributed by atoms with E-state index < -0.39 is 9.84 Å². The first kappa shape index (κ1) is 15.6. The van der Waals surface area contributed by atoms with Gasteiger partial charge in [0, 0.05) is 34.7 Å². The lowest BCUT2D eigenvalue weighted by Gasteiger charge is -2.17. The van der Waals surface area contributed by atoms with Gasteiger partial charge in [-0.25, -0.2) is 8.42 Å². The van der Waals surface area contributed by atoms with E-state index in [1.165, 1.54) is 11.0 Å². The standard InChI is InChI=1S/C16H18ClNO3S/c17-14-3-1-13(2-4-14)16(6-7-16)11-18-15(19)9-12-5-8-22(20,21)10-12/h1-5,8,12H,6-7,9-11H2,(H,18,19)/t12-/m0/s1. The number of nitrogens with one attached hydrogen (secondary N) is 1. The summed E-state index contributed by atoms with van der Waals surface area (Å²) < 4.78 is 22.7. The maximum atomic E-state index is 12.0. The van der Waals surface area contributed by atoms with E-state index in [1.54, 1.807) is 6.08 Å². The number of amides is 1. The minimum absolute atomic E-state index is 0.0256. The van der Waals surface area contributed by atoms with Crippen LogP contribution in [0.4, 0.5) is 0 Å². The fourth-order valence-electron chi connectivity index (χ4n) is 2.87. The summed E-state index contributed by atoms with van der Waals surface area (Å²) in [6, 6.07) is 7.75. The van der Waals surface area contributed by atoms with Crippen molar-refractivity contribution in [1.82, 2.24) is 5.32 Å². The molecule has 1 aliphatic carbocycles. The number of sulfone groups is 1. The highest BCUT2D eigenvalue weighted by atomic mass is 35.5. The summed E-state index contributed by atoms with van der Waals surface area (Å²) in [7, 11) is -3.09. The Balaban J connectivity index is 1.53. The molecular formula is C16H18ClNO3S. The van der Waals surface area contributed by atoms with Gasteiger partial charge in [-0.1, -0.05) is 29.8 Å². The number of allylic oxidation sites excluding steroid dienone is 1. The van der Waals surface area contributed by atoms with Crippen molar-refractivity contribution in [2.75, 3.05) is 12.3 Å². The average molecular weight is 340 g/mol. The Hall–Kier alpha value is -1.33. The van der Waals surface area contributed by atoms with Gasteiger partial charge < -0.3 is 5.32 Å². The second-order valence-electron chi connectivity index (χ2n) is 6.19. The molecule has 1 fully saturated rings. The summed E-state index contributed by atoms with van der Waals surface area (Å²) in [6.45, 7) is 0.594. The number of hydrogen-bond acceptors (Lipinski definition) is 3. The van der Waals surface area contributed by atoms with Crippen LogP contribution in [0.5, 0.6) is 0 Å². The first-order valence-electron chi connectivity index (χ1n) is 7.32. The highest BCUT2D eigenvalue weighted by molar-refractivity contribution is 7.94. The van der Waals surface area contributed by atoms with Crippen LogP contribution in [0.1, 0.15) is 24.8 Å². The molecule has 1 heterocycles. The molecule has 6 heteroatoms. The molecule has 3 rings (SSSR count). The van der Waals surface area contributed by atoms with Gasteiger partial charge in [-0.2, -0.15) is 0 Å². The number of benzene rings is 1. The molecular weight excluding hydrogens is 322 g/mol. The van der Waals surface area contributed by atoms with Crippen molar-refractivity contribution in [1.29, 1.82) is 0 Å². The van der Waals surface area contributed by atoms with Crippen LogP contribution in [0.2, 0.25) is 5.02 Å². The van der Waals surface area contributed by atoms with E-state index in [0.29, 0.717) is 11.6 Å². The minimum atomic E-state index is -3.09. The van der Waals surface area contributed by atoms with Crippen molar-refractivity contribution >= 4 is 27.3 Å². The second kappa shape index (κ2) is 5.70. The average Bonchev–Trinajstić information content (AvgIpc) is 3.17. The van der Waals surface area contributed by atoms with Crippen LogP contribution >= 0.6 is 11.6 Å². The van der Waals surface area contributed by atoms with Gasteiger partial charge in [-0.3, -0.25) is 4.79 Å². The van der Waals surface area contributed by atoms with Crippen molar-refractivity contribution in [3.05, 3.63) is 46.3 Å². The van der Waals surface area contributed by atoms with Crippen LogP contribution in [-0.2, 0) is 20.0 Å². The van der Waals surface area contributed by atoms with Gasteiger partial charge in [0.05, 0.1) is 5.75 Å². The van der Waals surface area contributed by atoms with Crippen molar-refractivity contribution in [3.8, 4) is 0 Å². The van der Waals surface area contributed by atoms with Crippen LogP contribution in [0, 0.1) is 5.92 Å². The Morgan fingerprint density at radius 1 is 1.27 bits per heavy atom. The van der Waals surface area contributed by atoms with E-state index in [-0.39, 0.29) is 29.4 Å². The third-order valence-electron chi connectivity index (χ3n) is 4.39. The molecule has 1 N–H and O–H groups in total. The van der Waals surface area contributed by atoms with Gasteiger partial charge in [0.15, 0.2) is 9.84 Å². The second-order valence-corrected chi connectivity index (χ2v) is 8.55. The molecule has 4 nitrogen and oxygen atoms in total. The molecule has 1 aliphatic heterocycles. The summed E-state index contributed by atoms with van der Waals surface area (Å²) in [5.41, 5.74) is 1.22. The quantitative estimate of drug-likeness (QED) is 0.896. The molecule has 0 spiro atoms. The Morgan fingerprint density at radius 3 is 2.50 bits per heavy atom. The zero-order valence-corrected chi connectivity index (χ0v) is 13.7. The van der Waals surface area contributed by atoms with E-state index >= 15 is 0 Å². The van der Waals surface area contributed by atoms with Gasteiger partial charge in [0.2, 0.25) is 5.91 Å². The summed E-state index contributed by atoms with van der Waals surface area (Å²) in [6.07, 6.45) is 3.94. The third kappa shape index (κ3) is 3.52. The fraction of sp³-hybridized carbons (Fsp3) is 0.438. The maximum absolute atomic E-state index is 12.0. The number of carbonyl (C=O) groups excluding carboxylic acids is 1. The van der Waals surface area contributed by atoms with E-state index in [2.05, 4.69) is 5.32 Å². The molecule has 22 heavy (non-hydrogen) atoms.